The molecule has 0 aromatic heterocycles. The number of methoxy groups -OCH3 is 3. The standard InChI is InChI=1S/C22H27NO4/c1-5-6-13-23-22(24)21-17(14-19(26-3)15-20(21)27-4)10-7-16-8-11-18(25-2)12-9-16/h7-12,14-15H,5-6,13H2,1-4H3,(H,23,24)/b10-7+. The van der Waals surface area contributed by atoms with E-state index in [1.54, 1.807) is 27.4 Å². The Morgan fingerprint density at radius 1 is 0.963 bits per heavy atom. The summed E-state index contributed by atoms with van der Waals surface area (Å²) in [5, 5.41) is 2.96. The van der Waals surface area contributed by atoms with Gasteiger partial charge >= 0.3 is 0 Å². The molecule has 0 atom stereocenters. The number of ether oxygens (including phenoxy) is 3. The van der Waals surface area contributed by atoms with E-state index < -0.39 is 0 Å². The monoisotopic (exact) mass is 369 g/mol. The van der Waals surface area contributed by atoms with Gasteiger partial charge in [-0.05, 0) is 35.7 Å². The van der Waals surface area contributed by atoms with Crippen molar-refractivity contribution in [1.29, 1.82) is 0 Å². The molecule has 0 aliphatic heterocycles. The first-order valence-corrected chi connectivity index (χ1v) is 8.99. The lowest BCUT2D eigenvalue weighted by atomic mass is 10.0. The number of nitrogens with one attached hydrogen (secondary N) is 1. The second kappa shape index (κ2) is 10.3. The van der Waals surface area contributed by atoms with Crippen LogP contribution in [0.5, 0.6) is 17.2 Å². The maximum absolute atomic E-state index is 12.7. The van der Waals surface area contributed by atoms with Gasteiger partial charge < -0.3 is 19.5 Å². The molecule has 2 rings (SSSR count). The molecule has 1 N–H and O–H groups in total. The van der Waals surface area contributed by atoms with Crippen LogP contribution >= 0.6 is 0 Å². The van der Waals surface area contributed by atoms with Crippen molar-refractivity contribution in [2.45, 2.75) is 19.8 Å². The third-order valence-corrected chi connectivity index (χ3v) is 4.18. The smallest absolute Gasteiger partial charge is 0.255 e. The summed E-state index contributed by atoms with van der Waals surface area (Å²) >= 11 is 0. The summed E-state index contributed by atoms with van der Waals surface area (Å²) in [5.41, 5.74) is 2.23. The number of benzene rings is 2. The molecule has 5 heteroatoms. The zero-order chi connectivity index (χ0) is 19.6. The molecule has 0 heterocycles. The molecule has 0 saturated carbocycles. The summed E-state index contributed by atoms with van der Waals surface area (Å²) in [6.07, 6.45) is 5.78. The molecule has 27 heavy (non-hydrogen) atoms. The molecule has 0 bridgehead atoms. The van der Waals surface area contributed by atoms with Gasteiger partial charge in [0.05, 0.1) is 26.9 Å². The second-order valence-electron chi connectivity index (χ2n) is 6.01. The van der Waals surface area contributed by atoms with E-state index in [0.29, 0.717) is 23.6 Å². The Morgan fingerprint density at radius 3 is 2.26 bits per heavy atom. The zero-order valence-electron chi connectivity index (χ0n) is 16.4. The summed E-state index contributed by atoms with van der Waals surface area (Å²) in [4.78, 5) is 12.7. The molecular weight excluding hydrogens is 342 g/mol. The summed E-state index contributed by atoms with van der Waals surface area (Å²) in [6.45, 7) is 2.72. The lowest BCUT2D eigenvalue weighted by Gasteiger charge is -2.14. The molecule has 0 fully saturated rings. The second-order valence-corrected chi connectivity index (χ2v) is 6.01. The Balaban J connectivity index is 2.38. The Kier molecular flexibility index (Phi) is 7.74. The number of rotatable bonds is 9. The van der Waals surface area contributed by atoms with Gasteiger partial charge in [0.1, 0.15) is 17.2 Å². The van der Waals surface area contributed by atoms with E-state index in [9.17, 15) is 4.79 Å². The first kappa shape index (κ1) is 20.4. The fraction of sp³-hybridized carbons (Fsp3) is 0.318. The molecule has 0 saturated heterocycles. The topological polar surface area (TPSA) is 56.8 Å². The van der Waals surface area contributed by atoms with Crippen molar-refractivity contribution in [3.05, 3.63) is 53.1 Å². The van der Waals surface area contributed by atoms with Gasteiger partial charge in [-0.15, -0.1) is 0 Å². The third kappa shape index (κ3) is 5.51. The van der Waals surface area contributed by atoms with Crippen LogP contribution in [0.1, 0.15) is 41.3 Å². The van der Waals surface area contributed by atoms with Crippen LogP contribution in [-0.4, -0.2) is 33.8 Å². The maximum Gasteiger partial charge on any atom is 0.255 e. The number of amides is 1. The van der Waals surface area contributed by atoms with Crippen LogP contribution < -0.4 is 19.5 Å². The summed E-state index contributed by atoms with van der Waals surface area (Å²) < 4.78 is 16.0. The zero-order valence-corrected chi connectivity index (χ0v) is 16.4. The first-order valence-electron chi connectivity index (χ1n) is 8.99. The fourth-order valence-electron chi connectivity index (χ4n) is 2.63. The van der Waals surface area contributed by atoms with Crippen LogP contribution in [0.15, 0.2) is 36.4 Å². The first-order chi connectivity index (χ1) is 13.1. The number of carbonyl (C=O) groups excluding carboxylic acids is 1. The minimum Gasteiger partial charge on any atom is -0.497 e. The Bertz CT molecular complexity index is 782. The molecule has 2 aromatic rings. The highest BCUT2D eigenvalue weighted by atomic mass is 16.5. The van der Waals surface area contributed by atoms with Crippen molar-refractivity contribution < 1.29 is 19.0 Å². The molecule has 144 valence electrons. The van der Waals surface area contributed by atoms with E-state index in [2.05, 4.69) is 12.2 Å². The predicted octanol–water partition coefficient (Wildman–Crippen LogP) is 4.41. The Labute approximate surface area is 161 Å². The van der Waals surface area contributed by atoms with Crippen molar-refractivity contribution in [2.75, 3.05) is 27.9 Å². The van der Waals surface area contributed by atoms with E-state index >= 15 is 0 Å². The number of carbonyl (C=O) groups is 1. The van der Waals surface area contributed by atoms with Crippen molar-refractivity contribution in [1.82, 2.24) is 5.32 Å². The van der Waals surface area contributed by atoms with Gasteiger partial charge in [0.2, 0.25) is 0 Å². The van der Waals surface area contributed by atoms with Crippen molar-refractivity contribution in [3.63, 3.8) is 0 Å². The SMILES string of the molecule is CCCCNC(=O)c1c(/C=C/c2ccc(OC)cc2)cc(OC)cc1OC. The molecule has 1 amide bonds. The van der Waals surface area contributed by atoms with Gasteiger partial charge in [0.15, 0.2) is 0 Å². The average molecular weight is 369 g/mol. The molecule has 5 nitrogen and oxygen atoms in total. The van der Waals surface area contributed by atoms with Crippen LogP contribution in [0.4, 0.5) is 0 Å². The number of unbranched alkanes of at least 4 members (excludes halogenated alkanes) is 1. The molecular formula is C22H27NO4. The Hall–Kier alpha value is -2.95. The number of hydrogen-bond acceptors (Lipinski definition) is 4. The number of hydrogen-bond donors (Lipinski definition) is 1. The normalized spacial score (nSPS) is 10.7. The van der Waals surface area contributed by atoms with E-state index in [1.165, 1.54) is 0 Å². The van der Waals surface area contributed by atoms with Gasteiger partial charge in [-0.2, -0.15) is 0 Å². The van der Waals surface area contributed by atoms with E-state index in [0.717, 1.165) is 29.7 Å². The Morgan fingerprint density at radius 2 is 1.67 bits per heavy atom. The summed E-state index contributed by atoms with van der Waals surface area (Å²) in [7, 11) is 4.78. The lowest BCUT2D eigenvalue weighted by molar-refractivity contribution is 0.0950. The molecule has 0 aliphatic rings. The van der Waals surface area contributed by atoms with Crippen molar-refractivity contribution in [2.24, 2.45) is 0 Å². The summed E-state index contributed by atoms with van der Waals surface area (Å²) in [5.74, 6) is 1.76. The van der Waals surface area contributed by atoms with Crippen LogP contribution in [0.25, 0.3) is 12.2 Å². The van der Waals surface area contributed by atoms with Gasteiger partial charge in [0.25, 0.3) is 5.91 Å². The molecule has 2 aromatic carbocycles. The van der Waals surface area contributed by atoms with E-state index in [4.69, 9.17) is 14.2 Å². The molecule has 0 spiro atoms. The van der Waals surface area contributed by atoms with Gasteiger partial charge in [0, 0.05) is 12.6 Å². The van der Waals surface area contributed by atoms with E-state index in [1.807, 2.05) is 42.5 Å². The van der Waals surface area contributed by atoms with Crippen LogP contribution in [0.3, 0.4) is 0 Å². The molecule has 0 aliphatic carbocycles. The van der Waals surface area contributed by atoms with Crippen LogP contribution in [-0.2, 0) is 0 Å². The minimum absolute atomic E-state index is 0.155. The highest BCUT2D eigenvalue weighted by Gasteiger charge is 2.17. The van der Waals surface area contributed by atoms with Crippen molar-refractivity contribution in [3.8, 4) is 17.2 Å². The quantitative estimate of drug-likeness (QED) is 0.525. The summed E-state index contributed by atoms with van der Waals surface area (Å²) in [6, 6.07) is 11.2. The minimum atomic E-state index is -0.155. The lowest BCUT2D eigenvalue weighted by Crippen LogP contribution is -2.25. The van der Waals surface area contributed by atoms with Gasteiger partial charge in [-0.1, -0.05) is 37.6 Å². The van der Waals surface area contributed by atoms with E-state index in [-0.39, 0.29) is 5.91 Å². The molecule has 0 unspecified atom stereocenters. The highest BCUT2D eigenvalue weighted by Crippen LogP contribution is 2.30. The van der Waals surface area contributed by atoms with Gasteiger partial charge in [-0.3, -0.25) is 4.79 Å². The average Bonchev–Trinajstić information content (AvgIpc) is 2.71. The largest absolute Gasteiger partial charge is 0.497 e. The highest BCUT2D eigenvalue weighted by molar-refractivity contribution is 6.01. The predicted molar refractivity (Wildman–Crippen MR) is 109 cm³/mol. The molecule has 0 radical (unpaired) electrons. The maximum atomic E-state index is 12.7. The third-order valence-electron chi connectivity index (χ3n) is 4.18. The fourth-order valence-corrected chi connectivity index (χ4v) is 2.63. The van der Waals surface area contributed by atoms with Crippen LogP contribution in [0.2, 0.25) is 0 Å². The van der Waals surface area contributed by atoms with Crippen molar-refractivity contribution >= 4 is 18.1 Å². The van der Waals surface area contributed by atoms with Gasteiger partial charge in [-0.25, -0.2) is 0 Å². The van der Waals surface area contributed by atoms with Crippen LogP contribution in [0, 0.1) is 0 Å².